The number of nitrogens with zero attached hydrogens (tertiary/aromatic N) is 12. The number of Topliss-reactive ketones (excluding diaryl/α,β-unsaturated/α-hetero) is 1. The van der Waals surface area contributed by atoms with E-state index in [1.54, 1.807) is 32.0 Å². The van der Waals surface area contributed by atoms with E-state index in [1.807, 2.05) is 55.4 Å². The summed E-state index contributed by atoms with van der Waals surface area (Å²) in [6.07, 6.45) is 4.56. The predicted molar refractivity (Wildman–Crippen MR) is 432 cm³/mol. The average Bonchev–Trinajstić information content (AvgIpc) is 0.797. The Labute approximate surface area is 680 Å². The third kappa shape index (κ3) is 35.6. The van der Waals surface area contributed by atoms with Crippen molar-refractivity contribution in [2.45, 2.75) is 107 Å². The predicted octanol–water partition coefficient (Wildman–Crippen LogP) is 11.7. The molecule has 33 nitrogen and oxygen atoms in total. The molecule has 0 aliphatic carbocycles. The molecule has 9 N–H and O–H groups in total. The summed E-state index contributed by atoms with van der Waals surface area (Å²) in [6.45, 7) is 18.5. The minimum absolute atomic E-state index is 0. The number of nitrogens with two attached hydrogens (primary N) is 2. The summed E-state index contributed by atoms with van der Waals surface area (Å²) >= 11 is 0. The lowest BCUT2D eigenvalue weighted by atomic mass is 9.92. The minimum atomic E-state index is -3.56. The van der Waals surface area contributed by atoms with Crippen LogP contribution in [0, 0.1) is 96.4 Å². The number of ketones is 1. The molecule has 0 radical (unpaired) electrons. The van der Waals surface area contributed by atoms with Crippen molar-refractivity contribution in [1.29, 1.82) is 21.0 Å². The number of carbonyl (C=O) groups excluding carboxylic acids is 5. The van der Waals surface area contributed by atoms with Gasteiger partial charge in [-0.05, 0) is 145 Å². The number of allylic oxidation sites excluding steroid dienone is 1. The fraction of sp³-hybridized carbons (Fsp3) is 0.312. The van der Waals surface area contributed by atoms with Gasteiger partial charge in [-0.25, -0.2) is 94.9 Å². The standard InChI is InChI=1S/C16H17FN4O2S.C16H18FN3O3S.C14H14FN3O.C14H12FN3O.C7H5FO.C6H9NO.C2H7NO2S.CH4N2O.CH4.HNO3/c1-10(2)14-13(9-18)15(11-5-7-12(17)8-6-11)20-16(19-14)21(3)24(4,22)23;1-10(2)14-13(9-21)15(11-5-7-12(17)8-6-11)19-16(18-14)20(3)24(4,22)23;2*1-8(2)12-11(7-16)13(18-14(19)17-12)9-3-5-10(15)6-4-9;8-7-3-1-6(5-9)2-4-7;1-5(2)6(8)3-4-7;1-3-6(2,4)5;2-1(3)4;;2-1(3)4/h5-8,10H,1-4H3;5-10H,1-4H3;3-6,8,13H,1-2H3,(H2,17,18,19);3-6,8H,1-2H3,(H,17,18,19);1-5H;5H,3H2,1-2H3;3H,1-2H3;(H4,2,3,4);1H4;(H,2,3,4). The van der Waals surface area contributed by atoms with E-state index in [9.17, 15) is 87.0 Å². The van der Waals surface area contributed by atoms with Crippen molar-refractivity contribution in [1.82, 2.24) is 45.3 Å². The monoisotopic (exact) mass is 1700 g/mol. The highest BCUT2D eigenvalue weighted by Gasteiger charge is 2.30. The number of nitriles is 4. The molecule has 9 rings (SSSR count). The van der Waals surface area contributed by atoms with Crippen LogP contribution in [0.1, 0.15) is 161 Å². The number of H-pyrrole nitrogens is 1. The normalized spacial score (nSPS) is 11.7. The van der Waals surface area contributed by atoms with Gasteiger partial charge in [-0.2, -0.15) is 26.0 Å². The number of carbonyl (C=O) groups is 5. The van der Waals surface area contributed by atoms with E-state index in [0.29, 0.717) is 74.3 Å². The van der Waals surface area contributed by atoms with Crippen LogP contribution in [0.15, 0.2) is 137 Å². The van der Waals surface area contributed by atoms with Crippen LogP contribution in [-0.2, 0) is 34.9 Å². The lowest BCUT2D eigenvalue weighted by molar-refractivity contribution is -0.742. The van der Waals surface area contributed by atoms with Gasteiger partial charge in [0.25, 0.3) is 5.09 Å². The summed E-state index contributed by atoms with van der Waals surface area (Å²) in [6, 6.07) is 34.0. The summed E-state index contributed by atoms with van der Waals surface area (Å²) in [5.41, 5.74) is 14.9. The Morgan fingerprint density at radius 3 is 1.25 bits per heavy atom. The first kappa shape index (κ1) is 105. The van der Waals surface area contributed by atoms with Crippen molar-refractivity contribution in [2.75, 3.05) is 48.5 Å². The number of benzene rings is 5. The van der Waals surface area contributed by atoms with Crippen molar-refractivity contribution in [3.63, 3.8) is 0 Å². The van der Waals surface area contributed by atoms with Gasteiger partial charge in [0.05, 0.1) is 88.5 Å². The van der Waals surface area contributed by atoms with Gasteiger partial charge >= 0.3 is 17.8 Å². The number of urea groups is 2. The van der Waals surface area contributed by atoms with Crippen LogP contribution in [-0.4, -0.2) is 136 Å². The SMILES string of the molecule is C.CC(C)C(=O)CC#N.CC(C)C1=C(C#N)C(c2ccc(F)cc2)NC(=O)N1.CC(C)c1[nH]c(=O)nc(-c2ccc(F)cc2)c1C#N.CC(C)c1nc(N(C)S(C)(=O)=O)nc(-c2ccc(F)cc2)c1C#N.CC(C)c1nc(N(C)S(C)(=O)=O)nc(-c2ccc(F)cc2)c1C=O.CNS(C)(=O)=O.NC(N)=O.O=Cc1ccc(F)cc1.O=[N+]([O-])O. The highest BCUT2D eigenvalue weighted by molar-refractivity contribution is 7.92. The zero-order valence-electron chi connectivity index (χ0n) is 66.2. The van der Waals surface area contributed by atoms with Gasteiger partial charge < -0.3 is 32.3 Å². The molecule has 0 bridgehead atoms. The largest absolute Gasteiger partial charge is 0.352 e. The second kappa shape index (κ2) is 49.4. The van der Waals surface area contributed by atoms with Crippen molar-refractivity contribution in [2.24, 2.45) is 23.3 Å². The van der Waals surface area contributed by atoms with E-state index >= 15 is 0 Å². The fourth-order valence-corrected chi connectivity index (χ4v) is 9.75. The van der Waals surface area contributed by atoms with Gasteiger partial charge in [0.15, 0.2) is 6.29 Å². The van der Waals surface area contributed by atoms with Crippen LogP contribution in [0.3, 0.4) is 0 Å². The van der Waals surface area contributed by atoms with Crippen molar-refractivity contribution in [3.05, 3.63) is 227 Å². The van der Waals surface area contributed by atoms with E-state index in [2.05, 4.69) is 74.9 Å². The molecule has 0 fully saturated rings. The molecule has 3 aromatic heterocycles. The van der Waals surface area contributed by atoms with Crippen molar-refractivity contribution < 1.29 is 81.5 Å². The Morgan fingerprint density at radius 2 is 0.941 bits per heavy atom. The van der Waals surface area contributed by atoms with Gasteiger partial charge in [0, 0.05) is 53.7 Å². The summed E-state index contributed by atoms with van der Waals surface area (Å²) in [5.74, 6) is -2.14. The highest BCUT2D eigenvalue weighted by Crippen LogP contribution is 2.33. The lowest BCUT2D eigenvalue weighted by Crippen LogP contribution is -2.45. The number of aromatic nitrogens is 6. The third-order valence-corrected chi connectivity index (χ3v) is 18.1. The van der Waals surface area contributed by atoms with Gasteiger partial charge in [-0.15, -0.1) is 10.1 Å². The number of sulfonamides is 3. The second-order valence-corrected chi connectivity index (χ2v) is 31.7. The number of primary amides is 2. The molecule has 4 heterocycles. The van der Waals surface area contributed by atoms with Crippen LogP contribution in [0.4, 0.5) is 43.4 Å². The molecular formula is C77H91F5N18O15S3. The first-order valence-electron chi connectivity index (χ1n) is 34.1. The molecule has 5 aromatic carbocycles. The van der Waals surface area contributed by atoms with Crippen LogP contribution in [0.2, 0.25) is 0 Å². The Bertz CT molecular complexity index is 5370. The maximum Gasteiger partial charge on any atom is 0.345 e. The molecule has 8 aromatic rings. The molecular weight excluding hydrogens is 1610 g/mol. The Balaban J connectivity index is 0.00000138. The number of anilines is 2. The summed E-state index contributed by atoms with van der Waals surface area (Å²) in [7, 11) is -5.98. The molecule has 0 saturated heterocycles. The van der Waals surface area contributed by atoms with Gasteiger partial charge in [0.1, 0.15) is 58.9 Å². The number of hydrogen-bond donors (Lipinski definition) is 7. The summed E-state index contributed by atoms with van der Waals surface area (Å²) in [4.78, 5) is 96.1. The average molecular weight is 1700 g/mol. The van der Waals surface area contributed by atoms with E-state index < -0.39 is 64.6 Å². The molecule has 4 amide bonds. The minimum Gasteiger partial charge on any atom is -0.352 e. The topological polar surface area (TPSA) is 538 Å². The molecule has 1 atom stereocenters. The molecule has 41 heteroatoms. The summed E-state index contributed by atoms with van der Waals surface area (Å²) < 4.78 is 135. The number of rotatable bonds is 17. The van der Waals surface area contributed by atoms with Crippen molar-refractivity contribution in [3.8, 4) is 58.0 Å². The number of aldehydes is 2. The number of amides is 4. The number of hydrogen-bond acceptors (Lipinski definition) is 23. The molecule has 118 heavy (non-hydrogen) atoms. The number of aromatic amines is 1. The molecule has 0 saturated carbocycles. The Morgan fingerprint density at radius 1 is 0.585 bits per heavy atom. The third-order valence-electron chi connectivity index (χ3n) is 15.1. The smallest absolute Gasteiger partial charge is 0.345 e. The van der Waals surface area contributed by atoms with Crippen LogP contribution in [0.5, 0.6) is 0 Å². The first-order chi connectivity index (χ1) is 54.4. The number of nitrogens with one attached hydrogen (secondary N) is 4. The van der Waals surface area contributed by atoms with Gasteiger partial charge in [-0.3, -0.25) is 14.4 Å². The van der Waals surface area contributed by atoms with Gasteiger partial charge in [0.2, 0.25) is 42.0 Å². The zero-order valence-corrected chi connectivity index (χ0v) is 68.6. The molecule has 1 unspecified atom stereocenters. The second-order valence-electron chi connectivity index (χ2n) is 25.7. The summed E-state index contributed by atoms with van der Waals surface area (Å²) in [5, 5.41) is 55.1. The van der Waals surface area contributed by atoms with Gasteiger partial charge in [-0.1, -0.05) is 88.8 Å². The van der Waals surface area contributed by atoms with E-state index in [4.69, 9.17) is 25.4 Å². The maximum absolute atomic E-state index is 13.2. The first-order valence-corrected chi connectivity index (χ1v) is 39.7. The fourth-order valence-electron chi connectivity index (χ4n) is 8.99. The van der Waals surface area contributed by atoms with E-state index in [1.165, 1.54) is 130 Å². The number of halogens is 5. The molecule has 1 aliphatic rings. The van der Waals surface area contributed by atoms with E-state index in [0.717, 1.165) is 27.4 Å². The van der Waals surface area contributed by atoms with E-state index in [-0.39, 0.29) is 113 Å². The lowest BCUT2D eigenvalue weighted by Gasteiger charge is -2.28. The van der Waals surface area contributed by atoms with Crippen LogP contribution in [0.25, 0.3) is 33.8 Å². The highest BCUT2D eigenvalue weighted by atomic mass is 32.2. The van der Waals surface area contributed by atoms with Crippen molar-refractivity contribution >= 4 is 72.4 Å². The van der Waals surface area contributed by atoms with Crippen LogP contribution >= 0.6 is 0 Å². The maximum atomic E-state index is 13.2. The Hall–Kier alpha value is -13.4. The molecule has 0 spiro atoms. The Kier molecular flexibility index (Phi) is 43.8. The van der Waals surface area contributed by atoms with Crippen LogP contribution < -0.4 is 41.1 Å². The zero-order chi connectivity index (χ0) is 89.7. The molecule has 632 valence electrons. The quantitative estimate of drug-likeness (QED) is 0.0193. The molecule has 1 aliphatic heterocycles.